The van der Waals surface area contributed by atoms with Crippen molar-refractivity contribution in [2.24, 2.45) is 0 Å². The lowest BCUT2D eigenvalue weighted by molar-refractivity contribution is -0.207. The van der Waals surface area contributed by atoms with Crippen molar-refractivity contribution in [2.45, 2.75) is 24.1 Å². The van der Waals surface area contributed by atoms with Crippen molar-refractivity contribution in [3.05, 3.63) is 22.7 Å². The maximum Gasteiger partial charge on any atom is 0.351 e. The van der Waals surface area contributed by atoms with Crippen molar-refractivity contribution in [3.63, 3.8) is 0 Å². The maximum atomic E-state index is 13.7. The van der Waals surface area contributed by atoms with Crippen LogP contribution in [0.2, 0.25) is 0 Å². The average molecular weight is 281 g/mol. The van der Waals surface area contributed by atoms with Crippen LogP contribution in [0.1, 0.15) is 6.23 Å². The molecule has 2 heterocycles. The molecule has 0 aromatic carbocycles. The molecule has 0 radical (unpaired) electrons. The molecule has 1 aromatic heterocycles. The van der Waals surface area contributed by atoms with Crippen LogP contribution < -0.4 is 11.4 Å². The minimum atomic E-state index is -4.13. The first-order valence-corrected chi connectivity index (χ1v) is 5.10. The van der Waals surface area contributed by atoms with Gasteiger partial charge in [-0.25, -0.2) is 9.18 Å². The summed E-state index contributed by atoms with van der Waals surface area (Å²) in [5.74, 6) is -7.70. The molecule has 3 atom stereocenters. The molecule has 0 spiro atoms. The Morgan fingerprint density at radius 3 is 2.63 bits per heavy atom. The molecule has 4 N–H and O–H groups in total. The second kappa shape index (κ2) is 4.18. The number of aromatic nitrogens is 2. The van der Waals surface area contributed by atoms with Gasteiger partial charge in [0, 0.05) is 6.20 Å². The summed E-state index contributed by atoms with van der Waals surface area (Å²) in [5, 5.41) is 17.9. The number of ether oxygens (including phenoxy) is 1. The van der Waals surface area contributed by atoms with Crippen LogP contribution in [0.25, 0.3) is 0 Å². The molecule has 19 heavy (non-hydrogen) atoms. The van der Waals surface area contributed by atoms with Crippen molar-refractivity contribution in [1.29, 1.82) is 0 Å². The smallest absolute Gasteiger partial charge is 0.351 e. The molecule has 7 nitrogen and oxygen atoms in total. The van der Waals surface area contributed by atoms with Gasteiger partial charge >= 0.3 is 11.6 Å². The van der Waals surface area contributed by atoms with E-state index in [1.54, 1.807) is 0 Å². The quantitative estimate of drug-likeness (QED) is 0.642. The molecular formula is C9H10F3N3O4. The summed E-state index contributed by atoms with van der Waals surface area (Å²) in [5.41, 5.74) is 3.99. The first kappa shape index (κ1) is 13.8. The van der Waals surface area contributed by atoms with Gasteiger partial charge in [-0.05, 0) is 6.07 Å². The summed E-state index contributed by atoms with van der Waals surface area (Å²) in [4.78, 5) is 14.6. The Balaban J connectivity index is 2.48. The van der Waals surface area contributed by atoms with E-state index in [9.17, 15) is 23.1 Å². The molecule has 0 unspecified atom stereocenters. The number of hydrogen-bond donors (Lipinski definition) is 3. The molecule has 1 aromatic rings. The van der Waals surface area contributed by atoms with Crippen LogP contribution in [0.4, 0.5) is 19.0 Å². The number of nitrogen functional groups attached to an aromatic ring is 1. The Hall–Kier alpha value is -1.65. The Kier molecular flexibility index (Phi) is 3.03. The van der Waals surface area contributed by atoms with Crippen LogP contribution in [-0.2, 0) is 4.74 Å². The van der Waals surface area contributed by atoms with Crippen molar-refractivity contribution in [2.75, 3.05) is 12.3 Å². The van der Waals surface area contributed by atoms with Crippen LogP contribution in [0.3, 0.4) is 0 Å². The highest BCUT2D eigenvalue weighted by atomic mass is 19.3. The van der Waals surface area contributed by atoms with Gasteiger partial charge in [-0.15, -0.1) is 0 Å². The second-order valence-corrected chi connectivity index (χ2v) is 4.03. The van der Waals surface area contributed by atoms with E-state index in [2.05, 4.69) is 9.72 Å². The summed E-state index contributed by atoms with van der Waals surface area (Å²) in [7, 11) is 0. The fourth-order valence-corrected chi connectivity index (χ4v) is 1.72. The summed E-state index contributed by atoms with van der Waals surface area (Å²) < 4.78 is 45.7. The van der Waals surface area contributed by atoms with Crippen LogP contribution in [0.15, 0.2) is 17.1 Å². The van der Waals surface area contributed by atoms with E-state index in [1.807, 2.05) is 0 Å². The molecular weight excluding hydrogens is 271 g/mol. The lowest BCUT2D eigenvalue weighted by atomic mass is 10.1. The minimum absolute atomic E-state index is 0.211. The van der Waals surface area contributed by atoms with E-state index in [4.69, 9.17) is 10.8 Å². The number of nitrogens with zero attached hydrogens (tertiary/aromatic N) is 2. The van der Waals surface area contributed by atoms with E-state index in [-0.39, 0.29) is 10.4 Å². The zero-order valence-corrected chi connectivity index (χ0v) is 9.33. The Morgan fingerprint density at radius 2 is 2.16 bits per heavy atom. The van der Waals surface area contributed by atoms with E-state index < -0.39 is 36.4 Å². The number of nitrogens with two attached hydrogens (primary N) is 1. The van der Waals surface area contributed by atoms with Gasteiger partial charge < -0.3 is 20.7 Å². The van der Waals surface area contributed by atoms with Gasteiger partial charge in [0.15, 0.2) is 6.10 Å². The Labute approximate surface area is 104 Å². The van der Waals surface area contributed by atoms with E-state index in [0.29, 0.717) is 0 Å². The summed E-state index contributed by atoms with van der Waals surface area (Å²) >= 11 is 0. The third-order valence-electron chi connectivity index (χ3n) is 2.73. The van der Waals surface area contributed by atoms with Crippen LogP contribution in [0, 0.1) is 0 Å². The lowest BCUT2D eigenvalue weighted by Crippen LogP contribution is -2.46. The normalized spacial score (nSPS) is 33.5. The minimum Gasteiger partial charge on any atom is -0.390 e. The van der Waals surface area contributed by atoms with Crippen LogP contribution >= 0.6 is 0 Å². The summed E-state index contributed by atoms with van der Waals surface area (Å²) in [6, 6.07) is 1.03. The lowest BCUT2D eigenvalue weighted by Gasteiger charge is -2.20. The Morgan fingerprint density at radius 1 is 1.53 bits per heavy atom. The SMILES string of the molecule is Nc1ccn([C@@H]2O[C@](F)(CO)[C@@H](O)C2(F)F)c(=O)n1. The number of anilines is 1. The standard InChI is InChI=1S/C9H10F3N3O4/c10-8(3-16)5(17)9(11,12)6(19-8)15-2-1-4(13)14-7(15)18/h1-2,5-6,16-17H,3H2,(H2,13,14,18)/t5-,6-,8-/m1/s1. The molecule has 1 aliphatic rings. The zero-order valence-electron chi connectivity index (χ0n) is 9.33. The molecule has 106 valence electrons. The zero-order chi connectivity index (χ0) is 14.4. The molecule has 0 amide bonds. The first-order valence-electron chi connectivity index (χ1n) is 5.10. The van der Waals surface area contributed by atoms with Gasteiger partial charge in [0.1, 0.15) is 12.4 Å². The first-order chi connectivity index (χ1) is 8.72. The van der Waals surface area contributed by atoms with Gasteiger partial charge in [0.25, 0.3) is 5.85 Å². The van der Waals surface area contributed by atoms with E-state index in [1.165, 1.54) is 0 Å². The van der Waals surface area contributed by atoms with Gasteiger partial charge in [-0.2, -0.15) is 13.8 Å². The topological polar surface area (TPSA) is 111 Å². The van der Waals surface area contributed by atoms with Gasteiger partial charge in [0.2, 0.25) is 6.23 Å². The molecule has 0 saturated carbocycles. The van der Waals surface area contributed by atoms with Crippen molar-refractivity contribution >= 4 is 5.82 Å². The van der Waals surface area contributed by atoms with Crippen molar-refractivity contribution in [3.8, 4) is 0 Å². The van der Waals surface area contributed by atoms with E-state index in [0.717, 1.165) is 12.3 Å². The third-order valence-corrected chi connectivity index (χ3v) is 2.73. The highest BCUT2D eigenvalue weighted by Crippen LogP contribution is 2.47. The van der Waals surface area contributed by atoms with Crippen molar-refractivity contribution in [1.82, 2.24) is 9.55 Å². The molecule has 10 heteroatoms. The predicted octanol–water partition coefficient (Wildman–Crippen LogP) is -0.991. The van der Waals surface area contributed by atoms with Crippen LogP contribution in [0.5, 0.6) is 0 Å². The molecule has 0 aliphatic carbocycles. The van der Waals surface area contributed by atoms with E-state index >= 15 is 0 Å². The average Bonchev–Trinajstić information content (AvgIpc) is 2.51. The summed E-state index contributed by atoms with van der Waals surface area (Å²) in [6.45, 7) is -1.49. The Bertz CT molecular complexity index is 552. The number of aliphatic hydroxyl groups excluding tert-OH is 2. The van der Waals surface area contributed by atoms with Gasteiger partial charge in [0.05, 0.1) is 0 Å². The number of hydrogen-bond acceptors (Lipinski definition) is 6. The van der Waals surface area contributed by atoms with Crippen molar-refractivity contribution < 1.29 is 28.1 Å². The number of alkyl halides is 3. The molecule has 1 aliphatic heterocycles. The number of halogens is 3. The fraction of sp³-hybridized carbons (Fsp3) is 0.556. The molecule has 1 fully saturated rings. The molecule has 0 bridgehead atoms. The van der Waals surface area contributed by atoms with Crippen LogP contribution in [-0.4, -0.2) is 44.3 Å². The third kappa shape index (κ3) is 1.97. The van der Waals surface area contributed by atoms with Gasteiger partial charge in [-0.3, -0.25) is 4.57 Å². The monoisotopic (exact) mass is 281 g/mol. The fourth-order valence-electron chi connectivity index (χ4n) is 1.72. The highest BCUT2D eigenvalue weighted by Gasteiger charge is 2.68. The number of aliphatic hydroxyl groups is 2. The maximum absolute atomic E-state index is 13.7. The largest absolute Gasteiger partial charge is 0.390 e. The molecule has 1 saturated heterocycles. The van der Waals surface area contributed by atoms with Gasteiger partial charge in [-0.1, -0.05) is 0 Å². The second-order valence-electron chi connectivity index (χ2n) is 4.03. The molecule has 2 rings (SSSR count). The highest BCUT2D eigenvalue weighted by molar-refractivity contribution is 5.23. The number of rotatable bonds is 2. The summed E-state index contributed by atoms with van der Waals surface area (Å²) in [6.07, 6.45) is -4.52. The predicted molar refractivity (Wildman–Crippen MR) is 54.9 cm³/mol.